The summed E-state index contributed by atoms with van der Waals surface area (Å²) < 4.78 is 10.6. The number of carbonyl (C=O) groups is 1. The largest absolute Gasteiger partial charge is 0.454 e. The van der Waals surface area contributed by atoms with E-state index in [-0.39, 0.29) is 12.7 Å². The van der Waals surface area contributed by atoms with E-state index >= 15 is 0 Å². The van der Waals surface area contributed by atoms with E-state index in [4.69, 9.17) is 9.47 Å². The van der Waals surface area contributed by atoms with Gasteiger partial charge in [0, 0.05) is 13.6 Å². The molecule has 1 unspecified atom stereocenters. The molecule has 0 bridgehead atoms. The van der Waals surface area contributed by atoms with Crippen LogP contribution in [0, 0.1) is 6.92 Å². The van der Waals surface area contributed by atoms with Gasteiger partial charge in [-0.05, 0) is 37.1 Å². The van der Waals surface area contributed by atoms with Crippen LogP contribution in [0.2, 0.25) is 0 Å². The number of likely N-dealkylation sites (N-methyl/N-ethyl adjacent to an activating group) is 1. The molecule has 0 fully saturated rings. The van der Waals surface area contributed by atoms with Crippen LogP contribution >= 0.6 is 0 Å². The standard InChI is InChI=1S/C13H17NO4/c1-8-4-11-12(18-7-17-11)5-10(8)6-14(3)13(16)9(2)15/h4-5,9,15H,6-7H2,1-3H3. The van der Waals surface area contributed by atoms with Crippen molar-refractivity contribution >= 4 is 5.91 Å². The van der Waals surface area contributed by atoms with Gasteiger partial charge >= 0.3 is 0 Å². The minimum absolute atomic E-state index is 0.237. The number of amides is 1. The SMILES string of the molecule is Cc1cc2c(cc1CN(C)C(=O)C(C)O)OCO2. The molecule has 1 aromatic carbocycles. The Morgan fingerprint density at radius 3 is 2.67 bits per heavy atom. The van der Waals surface area contributed by atoms with Gasteiger partial charge in [-0.1, -0.05) is 0 Å². The molecule has 98 valence electrons. The van der Waals surface area contributed by atoms with Crippen molar-refractivity contribution in [3.63, 3.8) is 0 Å². The van der Waals surface area contributed by atoms with Crippen LogP contribution in [0.1, 0.15) is 18.1 Å². The summed E-state index contributed by atoms with van der Waals surface area (Å²) in [5, 5.41) is 9.26. The van der Waals surface area contributed by atoms with Crippen molar-refractivity contribution in [1.82, 2.24) is 4.90 Å². The first-order chi connectivity index (χ1) is 8.49. The summed E-state index contributed by atoms with van der Waals surface area (Å²) in [6.45, 7) is 4.09. The van der Waals surface area contributed by atoms with E-state index in [2.05, 4.69) is 0 Å². The number of aryl methyl sites for hydroxylation is 1. The lowest BCUT2D eigenvalue weighted by molar-refractivity contribution is -0.138. The normalized spacial score (nSPS) is 14.4. The highest BCUT2D eigenvalue weighted by Crippen LogP contribution is 2.34. The molecule has 1 aliphatic heterocycles. The Labute approximate surface area is 106 Å². The molecule has 0 radical (unpaired) electrons. The molecule has 1 amide bonds. The summed E-state index contributed by atoms with van der Waals surface area (Å²) in [6, 6.07) is 3.78. The highest BCUT2D eigenvalue weighted by Gasteiger charge is 2.19. The highest BCUT2D eigenvalue weighted by atomic mass is 16.7. The summed E-state index contributed by atoms with van der Waals surface area (Å²) in [4.78, 5) is 13.1. The van der Waals surface area contributed by atoms with Crippen LogP contribution in [0.15, 0.2) is 12.1 Å². The molecule has 0 saturated heterocycles. The number of benzene rings is 1. The molecule has 1 heterocycles. The molecular formula is C13H17NO4. The lowest BCUT2D eigenvalue weighted by Crippen LogP contribution is -2.34. The number of aliphatic hydroxyl groups excluding tert-OH is 1. The first-order valence-corrected chi connectivity index (χ1v) is 5.81. The lowest BCUT2D eigenvalue weighted by atomic mass is 10.1. The van der Waals surface area contributed by atoms with Crippen molar-refractivity contribution in [1.29, 1.82) is 0 Å². The number of carbonyl (C=O) groups excluding carboxylic acids is 1. The molecule has 1 aromatic rings. The number of hydrogen-bond donors (Lipinski definition) is 1. The second-order valence-corrected chi connectivity index (χ2v) is 4.50. The molecule has 18 heavy (non-hydrogen) atoms. The van der Waals surface area contributed by atoms with Crippen LogP contribution in [0.4, 0.5) is 0 Å². The number of ether oxygens (including phenoxy) is 2. The van der Waals surface area contributed by atoms with Gasteiger partial charge in [0.1, 0.15) is 6.10 Å². The lowest BCUT2D eigenvalue weighted by Gasteiger charge is -2.20. The van der Waals surface area contributed by atoms with Crippen LogP contribution in [0.25, 0.3) is 0 Å². The first kappa shape index (κ1) is 12.7. The number of aliphatic hydroxyl groups is 1. The van der Waals surface area contributed by atoms with Gasteiger partial charge in [-0.3, -0.25) is 4.79 Å². The Kier molecular flexibility index (Phi) is 3.43. The second-order valence-electron chi connectivity index (χ2n) is 4.50. The van der Waals surface area contributed by atoms with Crippen molar-refractivity contribution in [2.75, 3.05) is 13.8 Å². The fraction of sp³-hybridized carbons (Fsp3) is 0.462. The number of fused-ring (bicyclic) bond motifs is 1. The number of nitrogens with zero attached hydrogens (tertiary/aromatic N) is 1. The van der Waals surface area contributed by atoms with E-state index in [1.165, 1.54) is 11.8 Å². The van der Waals surface area contributed by atoms with Crippen molar-refractivity contribution < 1.29 is 19.4 Å². The van der Waals surface area contributed by atoms with Crippen LogP contribution in [-0.4, -0.2) is 35.9 Å². The van der Waals surface area contributed by atoms with Gasteiger partial charge in [-0.25, -0.2) is 0 Å². The summed E-state index contributed by atoms with van der Waals surface area (Å²) >= 11 is 0. The topological polar surface area (TPSA) is 59.0 Å². The fourth-order valence-corrected chi connectivity index (χ4v) is 1.91. The van der Waals surface area contributed by atoms with E-state index in [9.17, 15) is 9.90 Å². The highest BCUT2D eigenvalue weighted by molar-refractivity contribution is 5.80. The summed E-state index contributed by atoms with van der Waals surface area (Å²) in [7, 11) is 1.67. The Morgan fingerprint density at radius 2 is 2.06 bits per heavy atom. The van der Waals surface area contributed by atoms with Crippen molar-refractivity contribution in [3.8, 4) is 11.5 Å². The Balaban J connectivity index is 2.17. The van der Waals surface area contributed by atoms with Gasteiger partial charge in [-0.15, -0.1) is 0 Å². The van der Waals surface area contributed by atoms with Gasteiger partial charge in [0.25, 0.3) is 5.91 Å². The molecule has 2 rings (SSSR count). The van der Waals surface area contributed by atoms with E-state index in [1.807, 2.05) is 19.1 Å². The van der Waals surface area contributed by atoms with Gasteiger partial charge in [0.15, 0.2) is 11.5 Å². The smallest absolute Gasteiger partial charge is 0.251 e. The maximum atomic E-state index is 11.6. The molecule has 5 nitrogen and oxygen atoms in total. The number of hydrogen-bond acceptors (Lipinski definition) is 4. The second kappa shape index (κ2) is 4.86. The van der Waals surface area contributed by atoms with Crippen LogP contribution in [0.3, 0.4) is 0 Å². The van der Waals surface area contributed by atoms with E-state index in [0.29, 0.717) is 12.3 Å². The molecule has 0 saturated carbocycles. The summed E-state index contributed by atoms with van der Waals surface area (Å²) in [5.74, 6) is 1.14. The minimum Gasteiger partial charge on any atom is -0.454 e. The summed E-state index contributed by atoms with van der Waals surface area (Å²) in [5.41, 5.74) is 2.01. The zero-order valence-electron chi connectivity index (χ0n) is 10.8. The monoisotopic (exact) mass is 251 g/mol. The predicted octanol–water partition coefficient (Wildman–Crippen LogP) is 1.06. The Bertz CT molecular complexity index is 470. The van der Waals surface area contributed by atoms with Crippen molar-refractivity contribution in [2.24, 2.45) is 0 Å². The maximum Gasteiger partial charge on any atom is 0.251 e. The Hall–Kier alpha value is -1.75. The molecule has 1 N–H and O–H groups in total. The van der Waals surface area contributed by atoms with Crippen molar-refractivity contribution in [2.45, 2.75) is 26.5 Å². The molecular weight excluding hydrogens is 234 g/mol. The molecule has 0 spiro atoms. The van der Waals surface area contributed by atoms with Crippen LogP contribution < -0.4 is 9.47 Å². The zero-order chi connectivity index (χ0) is 13.3. The van der Waals surface area contributed by atoms with Gasteiger partial charge < -0.3 is 19.5 Å². The molecule has 1 atom stereocenters. The van der Waals surface area contributed by atoms with Gasteiger partial charge in [-0.2, -0.15) is 0 Å². The quantitative estimate of drug-likeness (QED) is 0.872. The molecule has 0 aromatic heterocycles. The van der Waals surface area contributed by atoms with E-state index in [0.717, 1.165) is 16.9 Å². The summed E-state index contributed by atoms with van der Waals surface area (Å²) in [6.07, 6.45) is -0.982. The Morgan fingerprint density at radius 1 is 1.44 bits per heavy atom. The third kappa shape index (κ3) is 2.41. The van der Waals surface area contributed by atoms with E-state index in [1.54, 1.807) is 7.05 Å². The predicted molar refractivity (Wildman–Crippen MR) is 65.5 cm³/mol. The average molecular weight is 251 g/mol. The molecule has 0 aliphatic carbocycles. The van der Waals surface area contributed by atoms with Gasteiger partial charge in [0.05, 0.1) is 0 Å². The fourth-order valence-electron chi connectivity index (χ4n) is 1.91. The van der Waals surface area contributed by atoms with Crippen LogP contribution in [0.5, 0.6) is 11.5 Å². The third-order valence-electron chi connectivity index (χ3n) is 2.97. The average Bonchev–Trinajstić information content (AvgIpc) is 2.75. The zero-order valence-corrected chi connectivity index (χ0v) is 10.8. The first-order valence-electron chi connectivity index (χ1n) is 5.81. The van der Waals surface area contributed by atoms with Crippen LogP contribution in [-0.2, 0) is 11.3 Å². The van der Waals surface area contributed by atoms with Gasteiger partial charge in [0.2, 0.25) is 6.79 Å². The minimum atomic E-state index is -0.982. The molecule has 5 heteroatoms. The third-order valence-corrected chi connectivity index (χ3v) is 2.97. The van der Waals surface area contributed by atoms with E-state index < -0.39 is 6.10 Å². The maximum absolute atomic E-state index is 11.6. The number of rotatable bonds is 3. The van der Waals surface area contributed by atoms with Crippen molar-refractivity contribution in [3.05, 3.63) is 23.3 Å². The molecule has 1 aliphatic rings.